The van der Waals surface area contributed by atoms with Crippen LogP contribution in [-0.2, 0) is 4.74 Å². The first-order chi connectivity index (χ1) is 8.13. The number of nitrogen functional groups attached to an aromatic ring is 1. The molecule has 17 heavy (non-hydrogen) atoms. The summed E-state index contributed by atoms with van der Waals surface area (Å²) in [6.07, 6.45) is 3.63. The van der Waals surface area contributed by atoms with E-state index < -0.39 is 0 Å². The molecule has 0 bridgehead atoms. The third-order valence-corrected chi connectivity index (χ3v) is 3.43. The highest BCUT2D eigenvalue weighted by Crippen LogP contribution is 2.31. The Hall–Kier alpha value is -1.71. The van der Waals surface area contributed by atoms with E-state index in [-0.39, 0.29) is 5.97 Å². The van der Waals surface area contributed by atoms with Crippen LogP contribution in [0.4, 0.5) is 11.4 Å². The minimum absolute atomic E-state index is 0.335. The third-order valence-electron chi connectivity index (χ3n) is 3.43. The monoisotopic (exact) mass is 234 g/mol. The van der Waals surface area contributed by atoms with Crippen molar-refractivity contribution in [2.45, 2.75) is 25.3 Å². The van der Waals surface area contributed by atoms with Crippen molar-refractivity contribution >= 4 is 17.3 Å². The summed E-state index contributed by atoms with van der Waals surface area (Å²) in [5, 5.41) is 0. The summed E-state index contributed by atoms with van der Waals surface area (Å²) in [5.74, 6) is -0.335. The van der Waals surface area contributed by atoms with Gasteiger partial charge in [0.2, 0.25) is 0 Å². The number of anilines is 2. The molecule has 4 nitrogen and oxygen atoms in total. The van der Waals surface area contributed by atoms with Gasteiger partial charge in [-0.05, 0) is 37.5 Å². The molecule has 0 spiro atoms. The first-order valence-electron chi connectivity index (χ1n) is 5.84. The predicted octanol–water partition coefficient (Wildman–Crippen LogP) is 2.04. The van der Waals surface area contributed by atoms with Gasteiger partial charge in [-0.2, -0.15) is 0 Å². The maximum absolute atomic E-state index is 11.7. The van der Waals surface area contributed by atoms with Gasteiger partial charge in [0.25, 0.3) is 0 Å². The summed E-state index contributed by atoms with van der Waals surface area (Å²) in [6.45, 7) is 0. The van der Waals surface area contributed by atoms with Crippen LogP contribution in [0.25, 0.3) is 0 Å². The average molecular weight is 234 g/mol. The third kappa shape index (κ3) is 2.20. The lowest BCUT2D eigenvalue weighted by molar-refractivity contribution is 0.0601. The fraction of sp³-hybridized carbons (Fsp3) is 0.462. The van der Waals surface area contributed by atoms with Crippen LogP contribution in [0, 0.1) is 0 Å². The topological polar surface area (TPSA) is 55.6 Å². The fourth-order valence-corrected chi connectivity index (χ4v) is 2.11. The van der Waals surface area contributed by atoms with Crippen molar-refractivity contribution < 1.29 is 9.53 Å². The maximum Gasteiger partial charge on any atom is 0.340 e. The Morgan fingerprint density at radius 3 is 2.71 bits per heavy atom. The van der Waals surface area contributed by atoms with Gasteiger partial charge in [0.15, 0.2) is 0 Å². The quantitative estimate of drug-likeness (QED) is 0.642. The summed E-state index contributed by atoms with van der Waals surface area (Å²) in [4.78, 5) is 13.9. The number of rotatable bonds is 3. The number of nitrogens with zero attached hydrogens (tertiary/aromatic N) is 1. The van der Waals surface area contributed by atoms with Crippen molar-refractivity contribution in [2.24, 2.45) is 0 Å². The van der Waals surface area contributed by atoms with E-state index >= 15 is 0 Å². The summed E-state index contributed by atoms with van der Waals surface area (Å²) < 4.78 is 4.79. The first-order valence-corrected chi connectivity index (χ1v) is 5.84. The van der Waals surface area contributed by atoms with Gasteiger partial charge in [-0.1, -0.05) is 0 Å². The second kappa shape index (κ2) is 4.65. The van der Waals surface area contributed by atoms with Gasteiger partial charge in [-0.15, -0.1) is 0 Å². The Morgan fingerprint density at radius 2 is 2.18 bits per heavy atom. The first kappa shape index (κ1) is 11.8. The Bertz CT molecular complexity index is 427. The number of benzene rings is 1. The molecule has 1 aromatic carbocycles. The van der Waals surface area contributed by atoms with Gasteiger partial charge in [-0.3, -0.25) is 0 Å². The number of ether oxygens (including phenoxy) is 1. The van der Waals surface area contributed by atoms with Crippen molar-refractivity contribution in [3.63, 3.8) is 0 Å². The highest BCUT2D eigenvalue weighted by Gasteiger charge is 2.25. The van der Waals surface area contributed by atoms with Gasteiger partial charge in [-0.25, -0.2) is 4.79 Å². The number of esters is 1. The molecule has 0 radical (unpaired) electrons. The molecule has 0 heterocycles. The van der Waals surface area contributed by atoms with E-state index in [0.29, 0.717) is 17.3 Å². The molecule has 1 aliphatic rings. The Kier molecular flexibility index (Phi) is 3.22. The van der Waals surface area contributed by atoms with E-state index in [1.54, 1.807) is 6.07 Å². The highest BCUT2D eigenvalue weighted by molar-refractivity contribution is 5.97. The number of carbonyl (C=O) groups excluding carboxylic acids is 1. The lowest BCUT2D eigenvalue weighted by atomic mass is 9.91. The molecular formula is C13H18N2O2. The van der Waals surface area contributed by atoms with Crippen LogP contribution in [-0.4, -0.2) is 26.2 Å². The molecule has 0 atom stereocenters. The molecule has 1 saturated carbocycles. The zero-order valence-electron chi connectivity index (χ0n) is 10.3. The number of hydrogen-bond acceptors (Lipinski definition) is 4. The number of methoxy groups -OCH3 is 1. The molecule has 2 N–H and O–H groups in total. The van der Waals surface area contributed by atoms with Gasteiger partial charge >= 0.3 is 5.97 Å². The van der Waals surface area contributed by atoms with Crippen molar-refractivity contribution in [1.82, 2.24) is 0 Å². The van der Waals surface area contributed by atoms with E-state index in [9.17, 15) is 4.79 Å². The summed E-state index contributed by atoms with van der Waals surface area (Å²) in [6, 6.07) is 5.91. The molecule has 0 unspecified atom stereocenters. The standard InChI is InChI=1S/C13H18N2O2/c1-15(10-4-3-5-10)12-7-6-9(14)8-11(12)13(16)17-2/h6-8,10H,3-5,14H2,1-2H3. The van der Waals surface area contributed by atoms with E-state index in [4.69, 9.17) is 10.5 Å². The molecule has 92 valence electrons. The molecule has 1 fully saturated rings. The van der Waals surface area contributed by atoms with Crippen LogP contribution in [0.15, 0.2) is 18.2 Å². The molecule has 0 amide bonds. The van der Waals surface area contributed by atoms with E-state index in [2.05, 4.69) is 4.90 Å². The van der Waals surface area contributed by atoms with Crippen LogP contribution >= 0.6 is 0 Å². The molecule has 1 aliphatic carbocycles. The average Bonchev–Trinajstić information content (AvgIpc) is 2.25. The largest absolute Gasteiger partial charge is 0.465 e. The molecule has 2 rings (SSSR count). The van der Waals surface area contributed by atoms with Crippen LogP contribution < -0.4 is 10.6 Å². The van der Waals surface area contributed by atoms with Gasteiger partial charge in [0, 0.05) is 18.8 Å². The minimum Gasteiger partial charge on any atom is -0.465 e. The van der Waals surface area contributed by atoms with Gasteiger partial charge in [0.05, 0.1) is 18.4 Å². The van der Waals surface area contributed by atoms with Gasteiger partial charge < -0.3 is 15.4 Å². The Labute approximate surface area is 101 Å². The van der Waals surface area contributed by atoms with Crippen LogP contribution in [0.3, 0.4) is 0 Å². The lowest BCUT2D eigenvalue weighted by Crippen LogP contribution is -2.38. The Morgan fingerprint density at radius 1 is 1.47 bits per heavy atom. The molecule has 0 aliphatic heterocycles. The minimum atomic E-state index is -0.335. The smallest absolute Gasteiger partial charge is 0.340 e. The second-order valence-corrected chi connectivity index (χ2v) is 4.46. The normalized spacial score (nSPS) is 15.2. The van der Waals surface area contributed by atoms with Crippen molar-refractivity contribution in [3.8, 4) is 0 Å². The highest BCUT2D eigenvalue weighted by atomic mass is 16.5. The van der Waals surface area contributed by atoms with E-state index in [1.807, 2.05) is 19.2 Å². The lowest BCUT2D eigenvalue weighted by Gasteiger charge is -2.37. The summed E-state index contributed by atoms with van der Waals surface area (Å²) >= 11 is 0. The summed E-state index contributed by atoms with van der Waals surface area (Å²) in [5.41, 5.74) is 7.74. The van der Waals surface area contributed by atoms with Gasteiger partial charge in [0.1, 0.15) is 0 Å². The van der Waals surface area contributed by atoms with Crippen molar-refractivity contribution in [3.05, 3.63) is 23.8 Å². The maximum atomic E-state index is 11.7. The van der Waals surface area contributed by atoms with E-state index in [1.165, 1.54) is 26.4 Å². The number of carbonyl (C=O) groups is 1. The van der Waals surface area contributed by atoms with E-state index in [0.717, 1.165) is 5.69 Å². The molecule has 4 heteroatoms. The Balaban J connectivity index is 2.34. The molecule has 1 aromatic rings. The zero-order valence-corrected chi connectivity index (χ0v) is 10.3. The molecular weight excluding hydrogens is 216 g/mol. The van der Waals surface area contributed by atoms with Crippen molar-refractivity contribution in [1.29, 1.82) is 0 Å². The molecule has 0 saturated heterocycles. The van der Waals surface area contributed by atoms with Crippen LogP contribution in [0.5, 0.6) is 0 Å². The predicted molar refractivity (Wildman–Crippen MR) is 68.2 cm³/mol. The summed E-state index contributed by atoms with van der Waals surface area (Å²) in [7, 11) is 3.40. The fourth-order valence-electron chi connectivity index (χ4n) is 2.11. The molecule has 0 aromatic heterocycles. The van der Waals surface area contributed by atoms with Crippen molar-refractivity contribution in [2.75, 3.05) is 24.8 Å². The zero-order chi connectivity index (χ0) is 12.4. The SMILES string of the molecule is COC(=O)c1cc(N)ccc1N(C)C1CCC1. The number of hydrogen-bond donors (Lipinski definition) is 1. The number of nitrogens with two attached hydrogens (primary N) is 1. The van der Waals surface area contributed by atoms with Crippen LogP contribution in [0.2, 0.25) is 0 Å². The second-order valence-electron chi connectivity index (χ2n) is 4.46. The van der Waals surface area contributed by atoms with Crippen LogP contribution in [0.1, 0.15) is 29.6 Å².